The van der Waals surface area contributed by atoms with E-state index in [9.17, 15) is 0 Å². The average molecular weight is 344 g/mol. The molecule has 1 heterocycles. The number of hydrogen-bond donors (Lipinski definition) is 1. The third-order valence-corrected chi connectivity index (χ3v) is 4.36. The predicted molar refractivity (Wildman–Crippen MR) is 90.6 cm³/mol. The number of benzene rings is 2. The van der Waals surface area contributed by atoms with Crippen LogP contribution >= 0.6 is 15.9 Å². The minimum Gasteiger partial charge on any atom is -0.464 e. The third kappa shape index (κ3) is 2.76. The molecule has 0 radical (unpaired) electrons. The zero-order chi connectivity index (χ0) is 14.8. The molecule has 2 aromatic carbocycles. The number of rotatable bonds is 4. The third-order valence-electron chi connectivity index (χ3n) is 3.67. The first-order valence-corrected chi connectivity index (χ1v) is 7.97. The van der Waals surface area contributed by atoms with Gasteiger partial charge in [0.25, 0.3) is 0 Å². The fraction of sp³-hybridized carbons (Fsp3) is 0.222. The Morgan fingerprint density at radius 2 is 1.81 bits per heavy atom. The van der Waals surface area contributed by atoms with Crippen molar-refractivity contribution >= 4 is 26.7 Å². The van der Waals surface area contributed by atoms with E-state index in [2.05, 4.69) is 70.6 Å². The second-order valence-electron chi connectivity index (χ2n) is 5.12. The highest BCUT2D eigenvalue weighted by Crippen LogP contribution is 2.33. The molecule has 0 bridgehead atoms. The zero-order valence-corrected chi connectivity index (χ0v) is 13.8. The number of nitrogens with one attached hydrogen (secondary N) is 1. The average Bonchev–Trinajstić information content (AvgIpc) is 2.92. The summed E-state index contributed by atoms with van der Waals surface area (Å²) in [5.41, 5.74) is 1.24. The molecule has 21 heavy (non-hydrogen) atoms. The van der Waals surface area contributed by atoms with Gasteiger partial charge < -0.3 is 9.73 Å². The number of hydrogen-bond acceptors (Lipinski definition) is 2. The van der Waals surface area contributed by atoms with E-state index in [0.717, 1.165) is 22.5 Å². The van der Waals surface area contributed by atoms with Crippen molar-refractivity contribution in [3.63, 3.8) is 0 Å². The van der Waals surface area contributed by atoms with Gasteiger partial charge in [0, 0.05) is 4.47 Å². The Labute approximate surface area is 133 Å². The molecule has 1 atom stereocenters. The first-order valence-electron chi connectivity index (χ1n) is 7.17. The van der Waals surface area contributed by atoms with E-state index in [0.29, 0.717) is 0 Å². The number of halogens is 1. The quantitative estimate of drug-likeness (QED) is 0.703. The maximum atomic E-state index is 5.86. The van der Waals surface area contributed by atoms with Crippen LogP contribution in [-0.4, -0.2) is 6.54 Å². The minimum atomic E-state index is 0.0710. The van der Waals surface area contributed by atoms with Crippen LogP contribution in [-0.2, 0) is 0 Å². The fourth-order valence-electron chi connectivity index (χ4n) is 2.71. The van der Waals surface area contributed by atoms with Crippen molar-refractivity contribution in [1.29, 1.82) is 0 Å². The smallest absolute Gasteiger partial charge is 0.125 e. The Morgan fingerprint density at radius 3 is 2.48 bits per heavy atom. The summed E-state index contributed by atoms with van der Waals surface area (Å²) in [5, 5.41) is 6.00. The Hall–Kier alpha value is -1.58. The maximum absolute atomic E-state index is 5.86. The summed E-state index contributed by atoms with van der Waals surface area (Å²) >= 11 is 3.64. The molecule has 108 valence electrons. The Balaban J connectivity index is 2.18. The predicted octanol–water partition coefficient (Wildman–Crippen LogP) is 5.20. The highest BCUT2D eigenvalue weighted by atomic mass is 79.9. The lowest BCUT2D eigenvalue weighted by molar-refractivity contribution is 0.436. The Bertz CT molecular complexity index is 763. The van der Waals surface area contributed by atoms with Crippen molar-refractivity contribution in [3.05, 3.63) is 70.1 Å². The standard InChI is InChI=1S/C18H18BrNO/c1-3-20-18(17-11-8-12(2)21-17)15-9-10-16(19)14-7-5-4-6-13(14)15/h4-11,18,20H,3H2,1-2H3. The lowest BCUT2D eigenvalue weighted by atomic mass is 9.97. The molecule has 1 aromatic heterocycles. The first kappa shape index (κ1) is 14.4. The Morgan fingerprint density at radius 1 is 1.05 bits per heavy atom. The summed E-state index contributed by atoms with van der Waals surface area (Å²) in [6.07, 6.45) is 0. The molecule has 0 aliphatic rings. The lowest BCUT2D eigenvalue weighted by Gasteiger charge is -2.19. The number of furan rings is 1. The highest BCUT2D eigenvalue weighted by Gasteiger charge is 2.19. The first-order chi connectivity index (χ1) is 10.2. The lowest BCUT2D eigenvalue weighted by Crippen LogP contribution is -2.21. The van der Waals surface area contributed by atoms with Crippen LogP contribution in [0.3, 0.4) is 0 Å². The van der Waals surface area contributed by atoms with Gasteiger partial charge in [0.2, 0.25) is 0 Å². The molecule has 3 rings (SSSR count). The summed E-state index contributed by atoms with van der Waals surface area (Å²) in [6, 6.07) is 16.9. The molecule has 0 spiro atoms. The van der Waals surface area contributed by atoms with Gasteiger partial charge >= 0.3 is 0 Å². The van der Waals surface area contributed by atoms with Crippen molar-refractivity contribution in [2.75, 3.05) is 6.54 Å². The topological polar surface area (TPSA) is 25.2 Å². The van der Waals surface area contributed by atoms with Gasteiger partial charge in [-0.1, -0.05) is 53.2 Å². The van der Waals surface area contributed by atoms with Gasteiger partial charge in [-0.25, -0.2) is 0 Å². The molecule has 1 N–H and O–H groups in total. The van der Waals surface area contributed by atoms with E-state index in [1.807, 2.05) is 13.0 Å². The normalized spacial score (nSPS) is 12.7. The second kappa shape index (κ2) is 6.04. The van der Waals surface area contributed by atoms with Crippen LogP contribution in [0, 0.1) is 6.92 Å². The van der Waals surface area contributed by atoms with E-state index in [1.165, 1.54) is 16.3 Å². The fourth-order valence-corrected chi connectivity index (χ4v) is 3.19. The summed E-state index contributed by atoms with van der Waals surface area (Å²) in [5.74, 6) is 1.90. The summed E-state index contributed by atoms with van der Waals surface area (Å²) in [7, 11) is 0. The zero-order valence-electron chi connectivity index (χ0n) is 12.2. The second-order valence-corrected chi connectivity index (χ2v) is 5.98. The van der Waals surface area contributed by atoms with Crippen molar-refractivity contribution in [2.45, 2.75) is 19.9 Å². The molecular weight excluding hydrogens is 326 g/mol. The van der Waals surface area contributed by atoms with Crippen LogP contribution in [0.15, 0.2) is 57.4 Å². The molecule has 0 aliphatic heterocycles. The van der Waals surface area contributed by atoms with Crippen LogP contribution in [0.4, 0.5) is 0 Å². The summed E-state index contributed by atoms with van der Waals surface area (Å²) < 4.78 is 6.98. The minimum absolute atomic E-state index is 0.0710. The SMILES string of the molecule is CCNC(c1ccc(C)o1)c1ccc(Br)c2ccccc12. The van der Waals surface area contributed by atoms with Gasteiger partial charge in [-0.3, -0.25) is 0 Å². The molecular formula is C18H18BrNO. The van der Waals surface area contributed by atoms with Crippen LogP contribution in [0.5, 0.6) is 0 Å². The van der Waals surface area contributed by atoms with Crippen molar-refractivity contribution in [1.82, 2.24) is 5.32 Å². The van der Waals surface area contributed by atoms with Gasteiger partial charge in [-0.15, -0.1) is 0 Å². The molecule has 0 fully saturated rings. The van der Waals surface area contributed by atoms with E-state index in [-0.39, 0.29) is 6.04 Å². The van der Waals surface area contributed by atoms with Crippen LogP contribution < -0.4 is 5.32 Å². The van der Waals surface area contributed by atoms with Crippen molar-refractivity contribution in [3.8, 4) is 0 Å². The monoisotopic (exact) mass is 343 g/mol. The molecule has 0 amide bonds. The van der Waals surface area contributed by atoms with Crippen LogP contribution in [0.1, 0.15) is 30.0 Å². The van der Waals surface area contributed by atoms with Gasteiger partial charge in [0.15, 0.2) is 0 Å². The molecule has 3 heteroatoms. The molecule has 3 aromatic rings. The summed E-state index contributed by atoms with van der Waals surface area (Å²) in [6.45, 7) is 4.98. The van der Waals surface area contributed by atoms with E-state index in [1.54, 1.807) is 0 Å². The highest BCUT2D eigenvalue weighted by molar-refractivity contribution is 9.10. The molecule has 0 aliphatic carbocycles. The van der Waals surface area contributed by atoms with Gasteiger partial charge in [-0.05, 0) is 48.0 Å². The molecule has 2 nitrogen and oxygen atoms in total. The van der Waals surface area contributed by atoms with Crippen LogP contribution in [0.2, 0.25) is 0 Å². The van der Waals surface area contributed by atoms with Gasteiger partial charge in [-0.2, -0.15) is 0 Å². The molecule has 1 unspecified atom stereocenters. The largest absolute Gasteiger partial charge is 0.464 e. The van der Waals surface area contributed by atoms with E-state index >= 15 is 0 Å². The van der Waals surface area contributed by atoms with E-state index < -0.39 is 0 Å². The number of aryl methyl sites for hydroxylation is 1. The number of fused-ring (bicyclic) bond motifs is 1. The van der Waals surface area contributed by atoms with E-state index in [4.69, 9.17) is 4.42 Å². The van der Waals surface area contributed by atoms with Gasteiger partial charge in [0.1, 0.15) is 11.5 Å². The Kier molecular flexibility index (Phi) is 4.13. The van der Waals surface area contributed by atoms with Gasteiger partial charge in [0.05, 0.1) is 6.04 Å². The maximum Gasteiger partial charge on any atom is 0.125 e. The van der Waals surface area contributed by atoms with Crippen molar-refractivity contribution < 1.29 is 4.42 Å². The summed E-state index contributed by atoms with van der Waals surface area (Å²) in [4.78, 5) is 0. The molecule has 0 saturated carbocycles. The van der Waals surface area contributed by atoms with Crippen LogP contribution in [0.25, 0.3) is 10.8 Å². The molecule has 0 saturated heterocycles. The van der Waals surface area contributed by atoms with Crippen molar-refractivity contribution in [2.24, 2.45) is 0 Å².